The average Bonchev–Trinajstić information content (AvgIpc) is 2.74. The molecule has 2 rings (SSSR count). The lowest BCUT2D eigenvalue weighted by Crippen LogP contribution is -2.35. The number of amides is 3. The Morgan fingerprint density at radius 2 is 1.95 bits per heavy atom. The summed E-state index contributed by atoms with van der Waals surface area (Å²) in [7, 11) is 0. The Bertz CT molecular complexity index is 514. The van der Waals surface area contributed by atoms with Crippen LogP contribution < -0.4 is 10.6 Å². The van der Waals surface area contributed by atoms with Gasteiger partial charge in [-0.25, -0.2) is 4.79 Å². The molecule has 5 nitrogen and oxygen atoms in total. The van der Waals surface area contributed by atoms with Crippen LogP contribution in [0.2, 0.25) is 0 Å². The monoisotopic (exact) mass is 287 g/mol. The maximum Gasteiger partial charge on any atom is 0.416 e. The highest BCUT2D eigenvalue weighted by Crippen LogP contribution is 2.29. The quantitative estimate of drug-likeness (QED) is 0.888. The Labute approximate surface area is 112 Å². The number of nitrogens with zero attached hydrogens (tertiary/aromatic N) is 1. The molecule has 1 saturated heterocycles. The molecule has 1 fully saturated rings. The minimum atomic E-state index is -4.41. The minimum absolute atomic E-state index is 0.132. The summed E-state index contributed by atoms with van der Waals surface area (Å²) in [5.74, 6) is -0.457. The molecule has 0 saturated carbocycles. The molecule has 0 unspecified atom stereocenters. The predicted octanol–water partition coefficient (Wildman–Crippen LogP) is 1.67. The van der Waals surface area contributed by atoms with Gasteiger partial charge in [0.05, 0.1) is 5.56 Å². The Morgan fingerprint density at radius 1 is 1.30 bits per heavy atom. The van der Waals surface area contributed by atoms with E-state index in [4.69, 9.17) is 0 Å². The highest BCUT2D eigenvalue weighted by molar-refractivity contribution is 5.94. The molecule has 2 N–H and O–H groups in total. The molecule has 1 aromatic carbocycles. The zero-order valence-electron chi connectivity index (χ0n) is 10.3. The number of nitrogens with one attached hydrogen (secondary N) is 2. The second-order valence-electron chi connectivity index (χ2n) is 4.28. The van der Waals surface area contributed by atoms with Crippen LogP contribution in [0.5, 0.6) is 0 Å². The van der Waals surface area contributed by atoms with Gasteiger partial charge in [0.15, 0.2) is 0 Å². The van der Waals surface area contributed by atoms with Gasteiger partial charge >= 0.3 is 12.2 Å². The van der Waals surface area contributed by atoms with Crippen molar-refractivity contribution >= 4 is 17.6 Å². The van der Waals surface area contributed by atoms with Gasteiger partial charge in [0.2, 0.25) is 5.91 Å². The van der Waals surface area contributed by atoms with Gasteiger partial charge in [-0.1, -0.05) is 0 Å². The first kappa shape index (κ1) is 14.2. The standard InChI is InChI=1S/C12H12F3N3O2/c13-12(14,15)8-1-3-9(4-2-8)17-10(19)7-18-6-5-16-11(18)20/h1-4H,5-7H2,(H,16,20)(H,17,19). The van der Waals surface area contributed by atoms with Gasteiger partial charge in [0, 0.05) is 18.8 Å². The fourth-order valence-corrected chi connectivity index (χ4v) is 1.78. The summed E-state index contributed by atoms with van der Waals surface area (Å²) in [5, 5.41) is 4.98. The Hall–Kier alpha value is -2.25. The van der Waals surface area contributed by atoms with Crippen LogP contribution in [0.1, 0.15) is 5.56 Å². The van der Waals surface area contributed by atoms with Crippen LogP contribution in [-0.2, 0) is 11.0 Å². The van der Waals surface area contributed by atoms with E-state index in [0.29, 0.717) is 13.1 Å². The van der Waals surface area contributed by atoms with Gasteiger partial charge < -0.3 is 15.5 Å². The van der Waals surface area contributed by atoms with Gasteiger partial charge in [-0.15, -0.1) is 0 Å². The fraction of sp³-hybridized carbons (Fsp3) is 0.333. The SMILES string of the molecule is O=C(CN1CCNC1=O)Nc1ccc(C(F)(F)F)cc1. The molecule has 1 aliphatic rings. The molecule has 0 aliphatic carbocycles. The first-order chi connectivity index (χ1) is 9.36. The van der Waals surface area contributed by atoms with Crippen molar-refractivity contribution in [3.05, 3.63) is 29.8 Å². The van der Waals surface area contributed by atoms with Crippen molar-refractivity contribution < 1.29 is 22.8 Å². The molecule has 0 spiro atoms. The van der Waals surface area contributed by atoms with Gasteiger partial charge in [-0.3, -0.25) is 4.79 Å². The third-order valence-corrected chi connectivity index (χ3v) is 2.78. The molecule has 0 radical (unpaired) electrons. The lowest BCUT2D eigenvalue weighted by molar-refractivity contribution is -0.137. The maximum atomic E-state index is 12.4. The van der Waals surface area contributed by atoms with Gasteiger partial charge in [0.25, 0.3) is 0 Å². The first-order valence-corrected chi connectivity index (χ1v) is 5.86. The molecule has 8 heteroatoms. The van der Waals surface area contributed by atoms with Crippen LogP contribution in [0.15, 0.2) is 24.3 Å². The first-order valence-electron chi connectivity index (χ1n) is 5.86. The molecular formula is C12H12F3N3O2. The second-order valence-corrected chi connectivity index (χ2v) is 4.28. The summed E-state index contributed by atoms with van der Waals surface area (Å²) in [6.07, 6.45) is -4.41. The van der Waals surface area contributed by atoms with E-state index in [-0.39, 0.29) is 18.3 Å². The summed E-state index contributed by atoms with van der Waals surface area (Å²) >= 11 is 0. The van der Waals surface area contributed by atoms with Crippen LogP contribution >= 0.6 is 0 Å². The zero-order valence-corrected chi connectivity index (χ0v) is 10.3. The van der Waals surface area contributed by atoms with Crippen LogP contribution in [0.25, 0.3) is 0 Å². The summed E-state index contributed by atoms with van der Waals surface area (Å²) < 4.78 is 37.1. The number of carbonyl (C=O) groups excluding carboxylic acids is 2. The minimum Gasteiger partial charge on any atom is -0.336 e. The summed E-state index contributed by atoms with van der Waals surface area (Å²) in [4.78, 5) is 24.2. The highest BCUT2D eigenvalue weighted by atomic mass is 19.4. The van der Waals surface area contributed by atoms with Crippen molar-refractivity contribution in [3.63, 3.8) is 0 Å². The van der Waals surface area contributed by atoms with Crippen LogP contribution in [0.3, 0.4) is 0 Å². The molecule has 1 aromatic rings. The normalized spacial score (nSPS) is 15.2. The van der Waals surface area contributed by atoms with Gasteiger partial charge in [-0.2, -0.15) is 13.2 Å². The van der Waals surface area contributed by atoms with Crippen molar-refractivity contribution in [2.45, 2.75) is 6.18 Å². The molecule has 1 aliphatic heterocycles. The number of benzene rings is 1. The third-order valence-electron chi connectivity index (χ3n) is 2.78. The summed E-state index contributed by atoms with van der Waals surface area (Å²) in [6.45, 7) is 0.776. The number of halogens is 3. The van der Waals surface area contributed by atoms with E-state index in [1.165, 1.54) is 17.0 Å². The van der Waals surface area contributed by atoms with E-state index in [1.807, 2.05) is 0 Å². The lowest BCUT2D eigenvalue weighted by Gasteiger charge is -2.14. The second kappa shape index (κ2) is 5.40. The van der Waals surface area contributed by atoms with Crippen molar-refractivity contribution in [1.82, 2.24) is 10.2 Å². The van der Waals surface area contributed by atoms with E-state index < -0.39 is 17.6 Å². The van der Waals surface area contributed by atoms with Crippen molar-refractivity contribution in [2.24, 2.45) is 0 Å². The molecule has 108 valence electrons. The lowest BCUT2D eigenvalue weighted by atomic mass is 10.2. The topological polar surface area (TPSA) is 61.4 Å². The van der Waals surface area contributed by atoms with Crippen LogP contribution in [0, 0.1) is 0 Å². The average molecular weight is 287 g/mol. The maximum absolute atomic E-state index is 12.4. The Balaban J connectivity index is 1.93. The number of hydrogen-bond donors (Lipinski definition) is 2. The predicted molar refractivity (Wildman–Crippen MR) is 65.0 cm³/mol. The van der Waals surface area contributed by atoms with Crippen molar-refractivity contribution in [3.8, 4) is 0 Å². The summed E-state index contributed by atoms with van der Waals surface area (Å²) in [6, 6.07) is 3.79. The van der Waals surface area contributed by atoms with E-state index in [1.54, 1.807) is 0 Å². The van der Waals surface area contributed by atoms with Crippen molar-refractivity contribution in [2.75, 3.05) is 25.0 Å². The molecule has 0 atom stereocenters. The zero-order chi connectivity index (χ0) is 14.8. The van der Waals surface area contributed by atoms with E-state index >= 15 is 0 Å². The summed E-state index contributed by atoms with van der Waals surface area (Å²) in [5.41, 5.74) is -0.531. The fourth-order valence-electron chi connectivity index (χ4n) is 1.78. The smallest absolute Gasteiger partial charge is 0.336 e. The number of urea groups is 1. The Morgan fingerprint density at radius 3 is 2.45 bits per heavy atom. The van der Waals surface area contributed by atoms with Crippen LogP contribution in [-0.4, -0.2) is 36.5 Å². The van der Waals surface area contributed by atoms with Gasteiger partial charge in [0.1, 0.15) is 6.54 Å². The Kier molecular flexibility index (Phi) is 3.82. The van der Waals surface area contributed by atoms with Crippen LogP contribution in [0.4, 0.5) is 23.7 Å². The van der Waals surface area contributed by atoms with E-state index in [2.05, 4.69) is 10.6 Å². The number of alkyl halides is 3. The molecule has 0 bridgehead atoms. The molecule has 20 heavy (non-hydrogen) atoms. The largest absolute Gasteiger partial charge is 0.416 e. The van der Waals surface area contributed by atoms with E-state index in [0.717, 1.165) is 12.1 Å². The highest BCUT2D eigenvalue weighted by Gasteiger charge is 2.30. The van der Waals surface area contributed by atoms with Crippen molar-refractivity contribution in [1.29, 1.82) is 0 Å². The molecule has 3 amide bonds. The number of anilines is 1. The number of hydrogen-bond acceptors (Lipinski definition) is 2. The van der Waals surface area contributed by atoms with E-state index in [9.17, 15) is 22.8 Å². The van der Waals surface area contributed by atoms with Gasteiger partial charge in [-0.05, 0) is 24.3 Å². The molecule has 1 heterocycles. The number of carbonyl (C=O) groups is 2. The third kappa shape index (κ3) is 3.40. The number of rotatable bonds is 3. The molecule has 0 aromatic heterocycles. The molecular weight excluding hydrogens is 275 g/mol.